The average Bonchev–Trinajstić information content (AvgIpc) is 3.15. The Bertz CT molecular complexity index is 681. The fraction of sp³-hybridized carbons (Fsp3) is 0.619. The van der Waals surface area contributed by atoms with E-state index in [0.29, 0.717) is 6.54 Å². The van der Waals surface area contributed by atoms with Gasteiger partial charge in [-0.25, -0.2) is 0 Å². The van der Waals surface area contributed by atoms with Crippen molar-refractivity contribution >= 4 is 35.8 Å². The van der Waals surface area contributed by atoms with Crippen LogP contribution in [0.5, 0.6) is 5.75 Å². The van der Waals surface area contributed by atoms with Crippen molar-refractivity contribution in [3.63, 3.8) is 0 Å². The summed E-state index contributed by atoms with van der Waals surface area (Å²) in [6, 6.07) is 6.23. The van der Waals surface area contributed by atoms with Gasteiger partial charge in [0.1, 0.15) is 5.75 Å². The molecule has 2 rings (SSSR count). The Morgan fingerprint density at radius 3 is 2.76 bits per heavy atom. The number of nitrogens with one attached hydrogen (secondary N) is 2. The van der Waals surface area contributed by atoms with Crippen molar-refractivity contribution in [2.45, 2.75) is 38.8 Å². The van der Waals surface area contributed by atoms with Gasteiger partial charge in [0.2, 0.25) is 5.91 Å². The number of ether oxygens (including phenoxy) is 1. The number of carbonyl (C=O) groups excluding carboxylic acids is 1. The second-order valence-electron chi connectivity index (χ2n) is 7.45. The number of aryl methyl sites for hydroxylation is 1. The quantitative estimate of drug-likeness (QED) is 0.240. The molecule has 0 spiro atoms. The van der Waals surface area contributed by atoms with Crippen LogP contribution < -0.4 is 15.4 Å². The Hall–Kier alpha value is -1.55. The molecule has 8 heteroatoms. The molecule has 1 fully saturated rings. The van der Waals surface area contributed by atoms with Crippen LogP contribution in [-0.4, -0.2) is 75.6 Å². The third-order valence-corrected chi connectivity index (χ3v) is 5.12. The lowest BCUT2D eigenvalue weighted by Crippen LogP contribution is -2.44. The molecule has 0 bridgehead atoms. The van der Waals surface area contributed by atoms with E-state index in [-0.39, 0.29) is 35.9 Å². The first-order chi connectivity index (χ1) is 13.5. The lowest BCUT2D eigenvalue weighted by molar-refractivity contribution is -0.133. The van der Waals surface area contributed by atoms with Crippen molar-refractivity contribution in [3.05, 3.63) is 29.3 Å². The number of likely N-dealkylation sites (tertiary alicyclic amines) is 1. The van der Waals surface area contributed by atoms with Crippen molar-refractivity contribution in [2.24, 2.45) is 4.99 Å². The molecule has 1 unspecified atom stereocenters. The highest BCUT2D eigenvalue weighted by atomic mass is 127. The molecule has 29 heavy (non-hydrogen) atoms. The largest absolute Gasteiger partial charge is 0.496 e. The van der Waals surface area contributed by atoms with Crippen molar-refractivity contribution in [2.75, 3.05) is 47.9 Å². The fourth-order valence-corrected chi connectivity index (χ4v) is 3.56. The minimum Gasteiger partial charge on any atom is -0.496 e. The zero-order chi connectivity index (χ0) is 20.5. The van der Waals surface area contributed by atoms with Gasteiger partial charge < -0.3 is 20.3 Å². The standard InChI is InChI=1S/C21H35N5O2.HI/c1-16-9-10-17(19(14-16)28-5)15-24-21(22-2)23-11-7-13-26-12-6-8-18(26)20(27)25(3)4;/h9-10,14,18H,6-8,11-13,15H2,1-5H3,(H2,22,23,24);1H. The van der Waals surface area contributed by atoms with E-state index >= 15 is 0 Å². The number of hydrogen-bond acceptors (Lipinski definition) is 4. The number of rotatable bonds is 8. The number of hydrogen-bond donors (Lipinski definition) is 2. The summed E-state index contributed by atoms with van der Waals surface area (Å²) in [6.45, 7) is 5.43. The maximum Gasteiger partial charge on any atom is 0.239 e. The number of likely N-dealkylation sites (N-methyl/N-ethyl adjacent to an activating group) is 1. The molecule has 1 aliphatic rings. The molecule has 1 saturated heterocycles. The van der Waals surface area contributed by atoms with Gasteiger partial charge in [-0.15, -0.1) is 24.0 Å². The van der Waals surface area contributed by atoms with Crippen LogP contribution in [0.1, 0.15) is 30.4 Å². The molecule has 7 nitrogen and oxygen atoms in total. The first-order valence-corrected chi connectivity index (χ1v) is 9.99. The fourth-order valence-electron chi connectivity index (χ4n) is 3.56. The molecule has 1 heterocycles. The summed E-state index contributed by atoms with van der Waals surface area (Å²) in [5.41, 5.74) is 2.27. The van der Waals surface area contributed by atoms with Crippen LogP contribution in [0.15, 0.2) is 23.2 Å². The molecule has 1 aromatic rings. The summed E-state index contributed by atoms with van der Waals surface area (Å²) in [6.07, 6.45) is 3.02. The number of benzene rings is 1. The van der Waals surface area contributed by atoms with Crippen molar-refractivity contribution in [3.8, 4) is 5.75 Å². The van der Waals surface area contributed by atoms with Gasteiger partial charge >= 0.3 is 0 Å². The van der Waals surface area contributed by atoms with E-state index in [1.165, 1.54) is 5.56 Å². The van der Waals surface area contributed by atoms with Gasteiger partial charge in [-0.1, -0.05) is 12.1 Å². The second-order valence-corrected chi connectivity index (χ2v) is 7.45. The lowest BCUT2D eigenvalue weighted by Gasteiger charge is -2.26. The third-order valence-electron chi connectivity index (χ3n) is 5.12. The number of methoxy groups -OCH3 is 1. The van der Waals surface area contributed by atoms with Crippen LogP contribution in [0.25, 0.3) is 0 Å². The predicted octanol–water partition coefficient (Wildman–Crippen LogP) is 2.23. The van der Waals surface area contributed by atoms with Crippen LogP contribution in [0.3, 0.4) is 0 Å². The molecule has 0 radical (unpaired) electrons. The molecular formula is C21H36IN5O2. The summed E-state index contributed by atoms with van der Waals surface area (Å²) >= 11 is 0. The monoisotopic (exact) mass is 517 g/mol. The molecule has 1 amide bonds. The highest BCUT2D eigenvalue weighted by Gasteiger charge is 2.30. The van der Waals surface area contributed by atoms with Gasteiger partial charge in [0.15, 0.2) is 5.96 Å². The van der Waals surface area contributed by atoms with Gasteiger partial charge in [0.25, 0.3) is 0 Å². The molecule has 1 aromatic carbocycles. The predicted molar refractivity (Wildman–Crippen MR) is 129 cm³/mol. The highest BCUT2D eigenvalue weighted by molar-refractivity contribution is 14.0. The van der Waals surface area contributed by atoms with E-state index in [2.05, 4.69) is 39.6 Å². The molecule has 0 saturated carbocycles. The first kappa shape index (κ1) is 25.5. The molecular weight excluding hydrogens is 481 g/mol. The van der Waals surface area contributed by atoms with Crippen LogP contribution in [-0.2, 0) is 11.3 Å². The zero-order valence-corrected chi connectivity index (χ0v) is 20.7. The number of aliphatic imine (C=N–C) groups is 1. The SMILES string of the molecule is CN=C(NCCCN1CCCC1C(=O)N(C)C)NCc1ccc(C)cc1OC.I. The first-order valence-electron chi connectivity index (χ1n) is 9.99. The molecule has 0 aliphatic carbocycles. The molecule has 1 atom stereocenters. The summed E-state index contributed by atoms with van der Waals surface area (Å²) in [5, 5.41) is 6.69. The second kappa shape index (κ2) is 12.9. The van der Waals surface area contributed by atoms with Crippen LogP contribution in [0.4, 0.5) is 0 Å². The van der Waals surface area contributed by atoms with Crippen LogP contribution >= 0.6 is 24.0 Å². The van der Waals surface area contributed by atoms with E-state index in [9.17, 15) is 4.79 Å². The van der Waals surface area contributed by atoms with E-state index in [0.717, 1.165) is 56.2 Å². The summed E-state index contributed by atoms with van der Waals surface area (Å²) in [4.78, 5) is 20.6. The van der Waals surface area contributed by atoms with Crippen molar-refractivity contribution < 1.29 is 9.53 Å². The van der Waals surface area contributed by atoms with Crippen LogP contribution in [0.2, 0.25) is 0 Å². The van der Waals surface area contributed by atoms with E-state index in [1.54, 1.807) is 19.1 Å². The van der Waals surface area contributed by atoms with E-state index in [1.807, 2.05) is 20.2 Å². The van der Waals surface area contributed by atoms with Gasteiger partial charge in [-0.05, 0) is 44.4 Å². The number of nitrogens with zero attached hydrogens (tertiary/aromatic N) is 3. The van der Waals surface area contributed by atoms with Gasteiger partial charge in [-0.2, -0.15) is 0 Å². The van der Waals surface area contributed by atoms with Crippen LogP contribution in [0, 0.1) is 6.92 Å². The number of amides is 1. The summed E-state index contributed by atoms with van der Waals surface area (Å²) in [5.74, 6) is 1.87. The Kier molecular flexibility index (Phi) is 11.3. The molecule has 2 N–H and O–H groups in total. The minimum atomic E-state index is 0. The molecule has 164 valence electrons. The normalized spacial score (nSPS) is 16.9. The Balaban J connectivity index is 0.00000420. The lowest BCUT2D eigenvalue weighted by atomic mass is 10.1. The minimum absolute atomic E-state index is 0. The Morgan fingerprint density at radius 1 is 1.34 bits per heavy atom. The number of carbonyl (C=O) groups is 1. The maximum absolute atomic E-state index is 12.3. The third kappa shape index (κ3) is 7.65. The Morgan fingerprint density at radius 2 is 2.10 bits per heavy atom. The zero-order valence-electron chi connectivity index (χ0n) is 18.3. The van der Waals surface area contributed by atoms with E-state index < -0.39 is 0 Å². The molecule has 0 aromatic heterocycles. The van der Waals surface area contributed by atoms with Gasteiger partial charge in [0, 0.05) is 46.3 Å². The van der Waals surface area contributed by atoms with E-state index in [4.69, 9.17) is 4.74 Å². The van der Waals surface area contributed by atoms with Crippen molar-refractivity contribution in [1.29, 1.82) is 0 Å². The average molecular weight is 517 g/mol. The van der Waals surface area contributed by atoms with Gasteiger partial charge in [-0.3, -0.25) is 14.7 Å². The summed E-state index contributed by atoms with van der Waals surface area (Å²) < 4.78 is 5.46. The van der Waals surface area contributed by atoms with Crippen molar-refractivity contribution in [1.82, 2.24) is 20.4 Å². The molecule has 1 aliphatic heterocycles. The smallest absolute Gasteiger partial charge is 0.239 e. The Labute approximate surface area is 192 Å². The number of guanidine groups is 1. The number of halogens is 1. The highest BCUT2D eigenvalue weighted by Crippen LogP contribution is 2.20. The maximum atomic E-state index is 12.3. The van der Waals surface area contributed by atoms with Gasteiger partial charge in [0.05, 0.1) is 13.2 Å². The summed E-state index contributed by atoms with van der Waals surface area (Å²) in [7, 11) is 7.13. The topological polar surface area (TPSA) is 69.2 Å².